The summed E-state index contributed by atoms with van der Waals surface area (Å²) in [6.45, 7) is 2.79. The minimum Gasteiger partial charge on any atom is -0.397 e. The fourth-order valence-electron chi connectivity index (χ4n) is 3.38. The third-order valence-electron chi connectivity index (χ3n) is 5.07. The van der Waals surface area contributed by atoms with Crippen molar-refractivity contribution in [3.8, 4) is 11.4 Å². The Hall–Kier alpha value is -2.66. The molecule has 0 unspecified atom stereocenters. The van der Waals surface area contributed by atoms with Crippen LogP contribution in [-0.2, 0) is 4.74 Å². The number of thiol groups is 1. The molecule has 2 aromatic carbocycles. The van der Waals surface area contributed by atoms with Gasteiger partial charge in [-0.25, -0.2) is 19.1 Å². The molecule has 8 nitrogen and oxygen atoms in total. The Labute approximate surface area is 207 Å². The van der Waals surface area contributed by atoms with E-state index in [1.54, 1.807) is 36.4 Å². The van der Waals surface area contributed by atoms with Crippen LogP contribution in [0.25, 0.3) is 11.4 Å². The largest absolute Gasteiger partial charge is 0.397 e. The number of thioether (sulfide) groups is 1. The normalized spacial score (nSPS) is 13.6. The highest BCUT2D eigenvalue weighted by Crippen LogP contribution is 2.35. The fourth-order valence-corrected chi connectivity index (χ4v) is 4.57. The summed E-state index contributed by atoms with van der Waals surface area (Å²) in [7, 11) is 0. The second kappa shape index (κ2) is 10.5. The fraction of sp³-hybridized carbons (Fsp3) is 0.227. The number of aromatic nitrogens is 2. The lowest BCUT2D eigenvalue weighted by atomic mass is 10.2. The number of ether oxygens (including phenoxy) is 1. The number of hydrogen-bond donors (Lipinski definition) is 3. The second-order valence-corrected chi connectivity index (χ2v) is 8.75. The number of nitrogens with zero attached hydrogens (tertiary/aromatic N) is 4. The summed E-state index contributed by atoms with van der Waals surface area (Å²) in [5, 5.41) is 3.22. The van der Waals surface area contributed by atoms with E-state index >= 15 is 0 Å². The number of halogens is 1. The Morgan fingerprint density at radius 2 is 1.88 bits per heavy atom. The highest BCUT2D eigenvalue weighted by molar-refractivity contribution is 7.98. The molecule has 1 aromatic heterocycles. The van der Waals surface area contributed by atoms with Crippen molar-refractivity contribution in [3.05, 3.63) is 53.7 Å². The number of benzene rings is 2. The molecular weight excluding hydrogens is 480 g/mol. The van der Waals surface area contributed by atoms with Gasteiger partial charge in [-0.2, -0.15) is 0 Å². The number of nitrogens with one attached hydrogen (secondary N) is 1. The lowest BCUT2D eigenvalue weighted by molar-refractivity contribution is 0.122. The number of anilines is 4. The summed E-state index contributed by atoms with van der Waals surface area (Å²) in [5.41, 5.74) is 8.27. The molecule has 11 heteroatoms. The van der Waals surface area contributed by atoms with Crippen LogP contribution in [0.5, 0.6) is 0 Å². The first-order chi connectivity index (χ1) is 16.0. The van der Waals surface area contributed by atoms with E-state index in [1.165, 1.54) is 16.1 Å². The van der Waals surface area contributed by atoms with Gasteiger partial charge in [0.1, 0.15) is 11.0 Å². The molecule has 0 atom stereocenters. The smallest absolute Gasteiger partial charge is 0.336 e. The van der Waals surface area contributed by atoms with Gasteiger partial charge in [-0.05, 0) is 42.7 Å². The van der Waals surface area contributed by atoms with Gasteiger partial charge < -0.3 is 20.7 Å². The van der Waals surface area contributed by atoms with Crippen LogP contribution in [0, 0.1) is 0 Å². The molecule has 1 aliphatic rings. The maximum atomic E-state index is 12.6. The monoisotopic (exact) mass is 502 g/mol. The third kappa shape index (κ3) is 5.30. The first kappa shape index (κ1) is 23.5. The van der Waals surface area contributed by atoms with Crippen LogP contribution in [0.4, 0.5) is 27.7 Å². The molecule has 172 valence electrons. The van der Waals surface area contributed by atoms with Crippen molar-refractivity contribution in [2.24, 2.45) is 0 Å². The van der Waals surface area contributed by atoms with E-state index in [9.17, 15) is 4.79 Å². The topological polar surface area (TPSA) is 96.6 Å². The molecule has 2 heterocycles. The van der Waals surface area contributed by atoms with Crippen molar-refractivity contribution < 1.29 is 9.53 Å². The van der Waals surface area contributed by atoms with E-state index < -0.39 is 6.03 Å². The number of nitrogens with two attached hydrogens (primary N) is 1. The molecule has 1 fully saturated rings. The number of nitrogen functional groups attached to an aromatic ring is 1. The Kier molecular flexibility index (Phi) is 7.49. The van der Waals surface area contributed by atoms with Crippen LogP contribution >= 0.6 is 36.2 Å². The molecular formula is C22H23ClN6O2S2. The molecule has 0 bridgehead atoms. The molecule has 1 aliphatic heterocycles. The predicted molar refractivity (Wildman–Crippen MR) is 139 cm³/mol. The maximum Gasteiger partial charge on any atom is 0.336 e. The zero-order valence-electron chi connectivity index (χ0n) is 17.9. The van der Waals surface area contributed by atoms with Gasteiger partial charge in [-0.1, -0.05) is 36.5 Å². The Morgan fingerprint density at radius 1 is 1.18 bits per heavy atom. The standard InChI is InChI=1S/C22H23ClN6O2S2/c1-33-18-19(23)26-20(27-21(18)28-10-12-31-13-11-28)14-6-8-15(9-7-14)25-22(30)29(32)17-5-3-2-4-16(17)24/h2-9,32H,10-13,24H2,1H3,(H,25,30). The van der Waals surface area contributed by atoms with Gasteiger partial charge in [0.2, 0.25) is 0 Å². The number of carbonyl (C=O) groups excluding carboxylic acids is 1. The average molecular weight is 503 g/mol. The number of urea groups is 1. The molecule has 0 aliphatic carbocycles. The zero-order valence-corrected chi connectivity index (χ0v) is 20.3. The summed E-state index contributed by atoms with van der Waals surface area (Å²) >= 11 is 12.3. The highest BCUT2D eigenvalue weighted by Gasteiger charge is 2.21. The van der Waals surface area contributed by atoms with Gasteiger partial charge in [0.05, 0.1) is 29.5 Å². The SMILES string of the molecule is CSc1c(Cl)nc(-c2ccc(NC(=O)N(S)c3ccccc3N)cc2)nc1N1CCOCC1. The van der Waals surface area contributed by atoms with Gasteiger partial charge in [0, 0.05) is 24.3 Å². The number of amides is 2. The molecule has 1 saturated heterocycles. The third-order valence-corrected chi connectivity index (χ3v) is 6.64. The van der Waals surface area contributed by atoms with Crippen LogP contribution in [0.2, 0.25) is 5.15 Å². The van der Waals surface area contributed by atoms with Crippen LogP contribution in [0.15, 0.2) is 53.4 Å². The summed E-state index contributed by atoms with van der Waals surface area (Å²) in [6.07, 6.45) is 1.96. The van der Waals surface area contributed by atoms with E-state index in [-0.39, 0.29) is 0 Å². The van der Waals surface area contributed by atoms with E-state index in [1.807, 2.05) is 18.4 Å². The van der Waals surface area contributed by atoms with E-state index in [4.69, 9.17) is 27.1 Å². The highest BCUT2D eigenvalue weighted by atomic mass is 35.5. The lowest BCUT2D eigenvalue weighted by Crippen LogP contribution is -2.37. The van der Waals surface area contributed by atoms with E-state index in [0.717, 1.165) is 29.4 Å². The van der Waals surface area contributed by atoms with E-state index in [0.29, 0.717) is 41.3 Å². The van der Waals surface area contributed by atoms with Gasteiger partial charge in [0.15, 0.2) is 5.82 Å². The van der Waals surface area contributed by atoms with Gasteiger partial charge in [-0.15, -0.1) is 11.8 Å². The lowest BCUT2D eigenvalue weighted by Gasteiger charge is -2.29. The molecule has 2 amide bonds. The Morgan fingerprint density at radius 3 is 2.55 bits per heavy atom. The number of hydrogen-bond acceptors (Lipinski definition) is 8. The second-order valence-electron chi connectivity index (χ2n) is 7.17. The molecule has 3 aromatic rings. The molecule has 33 heavy (non-hydrogen) atoms. The Balaban J connectivity index is 1.54. The molecule has 3 N–H and O–H groups in total. The van der Waals surface area contributed by atoms with Crippen LogP contribution < -0.4 is 20.3 Å². The first-order valence-electron chi connectivity index (χ1n) is 10.2. The van der Waals surface area contributed by atoms with Crippen molar-refractivity contribution in [2.45, 2.75) is 4.90 Å². The van der Waals surface area contributed by atoms with Crippen LogP contribution in [0.1, 0.15) is 0 Å². The maximum absolute atomic E-state index is 12.6. The van der Waals surface area contributed by atoms with Crippen molar-refractivity contribution in [2.75, 3.05) is 52.8 Å². The summed E-state index contributed by atoms with van der Waals surface area (Å²) in [5.74, 6) is 1.33. The minimum absolute atomic E-state index is 0.414. The average Bonchev–Trinajstić information content (AvgIpc) is 2.84. The number of para-hydroxylation sites is 2. The van der Waals surface area contributed by atoms with Crippen LogP contribution in [-0.4, -0.2) is 48.6 Å². The summed E-state index contributed by atoms with van der Waals surface area (Å²) in [4.78, 5) is 24.9. The predicted octanol–water partition coefficient (Wildman–Crippen LogP) is 4.82. The zero-order chi connectivity index (χ0) is 23.4. The van der Waals surface area contributed by atoms with E-state index in [2.05, 4.69) is 28.0 Å². The quantitative estimate of drug-likeness (QED) is 0.199. The first-order valence-corrected chi connectivity index (χ1v) is 12.2. The van der Waals surface area contributed by atoms with Crippen molar-refractivity contribution in [3.63, 3.8) is 0 Å². The molecule has 0 saturated carbocycles. The van der Waals surface area contributed by atoms with Crippen molar-refractivity contribution >= 4 is 65.1 Å². The summed E-state index contributed by atoms with van der Waals surface area (Å²) < 4.78 is 6.63. The minimum atomic E-state index is -0.429. The van der Waals surface area contributed by atoms with Gasteiger partial charge in [0.25, 0.3) is 0 Å². The number of morpholine rings is 1. The van der Waals surface area contributed by atoms with Gasteiger partial charge >= 0.3 is 6.03 Å². The summed E-state index contributed by atoms with van der Waals surface area (Å²) in [6, 6.07) is 13.8. The Bertz CT molecular complexity index is 1140. The van der Waals surface area contributed by atoms with Crippen LogP contribution in [0.3, 0.4) is 0 Å². The number of rotatable bonds is 5. The van der Waals surface area contributed by atoms with Crippen molar-refractivity contribution in [1.29, 1.82) is 0 Å². The number of carbonyl (C=O) groups is 1. The van der Waals surface area contributed by atoms with Crippen molar-refractivity contribution in [1.82, 2.24) is 9.97 Å². The molecule has 0 spiro atoms. The van der Waals surface area contributed by atoms with Gasteiger partial charge in [-0.3, -0.25) is 0 Å². The molecule has 0 radical (unpaired) electrons. The molecule has 4 rings (SSSR count).